The minimum Gasteiger partial charge on any atom is -0.462 e. The minimum atomic E-state index is -4.96. The molecule has 3 N–H and O–H groups in total. The summed E-state index contributed by atoms with van der Waals surface area (Å²) in [6.45, 7) is 14.1. The number of aliphatic hydroxyl groups excluding tert-OH is 1. The highest BCUT2D eigenvalue weighted by Gasteiger charge is 2.30. The van der Waals surface area contributed by atoms with Crippen molar-refractivity contribution < 1.29 is 80.2 Å². The van der Waals surface area contributed by atoms with E-state index in [1.54, 1.807) is 0 Å². The summed E-state index contributed by atoms with van der Waals surface area (Å²) in [7, 11) is -9.91. The van der Waals surface area contributed by atoms with Crippen LogP contribution in [0.5, 0.6) is 0 Å². The molecule has 0 aromatic carbocycles. The van der Waals surface area contributed by atoms with Crippen LogP contribution < -0.4 is 0 Å². The van der Waals surface area contributed by atoms with Gasteiger partial charge in [0.2, 0.25) is 0 Å². The van der Waals surface area contributed by atoms with Crippen LogP contribution in [0.3, 0.4) is 0 Å². The minimum absolute atomic E-state index is 0.104. The van der Waals surface area contributed by atoms with Crippen molar-refractivity contribution in [2.24, 2.45) is 23.7 Å². The van der Waals surface area contributed by atoms with Crippen LogP contribution in [0.4, 0.5) is 0 Å². The molecule has 0 aliphatic carbocycles. The molecule has 0 spiro atoms. The zero-order chi connectivity index (χ0) is 69.6. The fourth-order valence-electron chi connectivity index (χ4n) is 11.4. The van der Waals surface area contributed by atoms with Gasteiger partial charge in [0.15, 0.2) is 12.2 Å². The summed E-state index contributed by atoms with van der Waals surface area (Å²) in [5, 5.41) is 10.6. The van der Waals surface area contributed by atoms with Crippen LogP contribution in [0.15, 0.2) is 0 Å². The molecule has 0 rings (SSSR count). The van der Waals surface area contributed by atoms with Gasteiger partial charge in [-0.3, -0.25) is 37.3 Å². The van der Waals surface area contributed by atoms with Gasteiger partial charge in [0.05, 0.1) is 26.4 Å². The van der Waals surface area contributed by atoms with Crippen LogP contribution in [-0.4, -0.2) is 96.7 Å². The molecule has 0 amide bonds. The first-order valence-electron chi connectivity index (χ1n) is 38.7. The predicted octanol–water partition coefficient (Wildman–Crippen LogP) is 21.7. The van der Waals surface area contributed by atoms with Crippen molar-refractivity contribution >= 4 is 39.5 Å². The number of aliphatic hydroxyl groups is 1. The van der Waals surface area contributed by atoms with E-state index in [4.69, 9.17) is 37.0 Å². The van der Waals surface area contributed by atoms with Crippen LogP contribution in [0, 0.1) is 23.7 Å². The molecule has 0 radical (unpaired) electrons. The summed E-state index contributed by atoms with van der Waals surface area (Å²) in [6.07, 6.45) is 48.7. The third kappa shape index (κ3) is 68.6. The summed E-state index contributed by atoms with van der Waals surface area (Å²) in [5.74, 6) is 0.878. The molecule has 94 heavy (non-hydrogen) atoms. The standard InChI is InChI=1S/C75H146O17P2/c1-65(2)51-43-35-27-21-16-12-9-10-14-19-25-31-41-49-57-74(79)91-70(61-85-72(77)55-47-39-30-24-18-15-11-13-17-22-28-36-44-52-66(3)4)63-89-93(81,82)87-59-69(76)60-88-94(83,84)90-64-71(62-86-73(78)56-48-40-34-33-38-46-54-68(7)8)92-75(80)58-50-42-32-26-20-23-29-37-45-53-67(5)6/h65-71,76H,9-64H2,1-8H3,(H,81,82)(H,83,84)/t69-,70-,71-/m1/s1. The van der Waals surface area contributed by atoms with Crippen molar-refractivity contribution in [1.82, 2.24) is 0 Å². The van der Waals surface area contributed by atoms with Gasteiger partial charge in [-0.1, -0.05) is 325 Å². The first kappa shape index (κ1) is 92.1. The second-order valence-electron chi connectivity index (χ2n) is 28.9. The molecule has 2 unspecified atom stereocenters. The first-order valence-corrected chi connectivity index (χ1v) is 41.7. The summed E-state index contributed by atoms with van der Waals surface area (Å²) in [4.78, 5) is 72.7. The van der Waals surface area contributed by atoms with Crippen LogP contribution in [0.25, 0.3) is 0 Å². The summed E-state index contributed by atoms with van der Waals surface area (Å²) >= 11 is 0. The maximum absolute atomic E-state index is 13.1. The molecule has 0 fully saturated rings. The van der Waals surface area contributed by atoms with Crippen LogP contribution in [0.2, 0.25) is 0 Å². The number of carbonyl (C=O) groups is 4. The molecule has 0 aromatic heterocycles. The second kappa shape index (κ2) is 64.4. The molecule has 5 atom stereocenters. The molecule has 0 bridgehead atoms. The number of ether oxygens (including phenoxy) is 4. The fraction of sp³-hybridized carbons (Fsp3) is 0.947. The Morgan fingerprint density at radius 3 is 0.660 bits per heavy atom. The van der Waals surface area contributed by atoms with Gasteiger partial charge in [-0.15, -0.1) is 0 Å². The van der Waals surface area contributed by atoms with E-state index < -0.39 is 97.5 Å². The van der Waals surface area contributed by atoms with E-state index >= 15 is 0 Å². The molecule has 17 nitrogen and oxygen atoms in total. The lowest BCUT2D eigenvalue weighted by atomic mass is 10.0. The molecular weight excluding hydrogens is 1230 g/mol. The maximum Gasteiger partial charge on any atom is 0.472 e. The summed E-state index contributed by atoms with van der Waals surface area (Å²) < 4.78 is 68.5. The SMILES string of the molecule is CC(C)CCCCCCCCCCCCCCCCC(=O)O[C@H](COC(=O)CCCCCCCCCCCCCCCC(C)C)COP(=O)(O)OC[C@@H](O)COP(=O)(O)OC[C@@H](COC(=O)CCCCCCCCC(C)C)OC(=O)CCCCCCCCCCCC(C)C. The summed E-state index contributed by atoms with van der Waals surface area (Å²) in [5.41, 5.74) is 0. The normalized spacial score (nSPS) is 14.2. The lowest BCUT2D eigenvalue weighted by molar-refractivity contribution is -0.161. The van der Waals surface area contributed by atoms with E-state index in [1.807, 2.05) is 0 Å². The topological polar surface area (TPSA) is 237 Å². The first-order chi connectivity index (χ1) is 45.1. The Morgan fingerprint density at radius 1 is 0.266 bits per heavy atom. The smallest absolute Gasteiger partial charge is 0.462 e. The van der Waals surface area contributed by atoms with E-state index in [1.165, 1.54) is 173 Å². The van der Waals surface area contributed by atoms with Crippen molar-refractivity contribution in [3.05, 3.63) is 0 Å². The summed E-state index contributed by atoms with van der Waals surface area (Å²) in [6, 6.07) is 0. The number of phosphoric acid groups is 2. The Labute approximate surface area is 575 Å². The Bertz CT molecular complexity index is 1850. The highest BCUT2D eigenvalue weighted by molar-refractivity contribution is 7.47. The van der Waals surface area contributed by atoms with Gasteiger partial charge in [-0.25, -0.2) is 9.13 Å². The number of carbonyl (C=O) groups excluding carboxylic acids is 4. The Balaban J connectivity index is 5.24. The third-order valence-corrected chi connectivity index (χ3v) is 19.2. The van der Waals surface area contributed by atoms with Gasteiger partial charge in [0, 0.05) is 25.7 Å². The lowest BCUT2D eigenvalue weighted by Crippen LogP contribution is -2.30. The average molecular weight is 1380 g/mol. The van der Waals surface area contributed by atoms with Crippen molar-refractivity contribution in [3.8, 4) is 0 Å². The quantitative estimate of drug-likeness (QED) is 0.0222. The van der Waals surface area contributed by atoms with E-state index in [9.17, 15) is 43.2 Å². The highest BCUT2D eigenvalue weighted by atomic mass is 31.2. The zero-order valence-corrected chi connectivity index (χ0v) is 63.4. The Kier molecular flexibility index (Phi) is 63.1. The monoisotopic (exact) mass is 1380 g/mol. The molecule has 0 aromatic rings. The molecule has 0 aliphatic heterocycles. The van der Waals surface area contributed by atoms with Crippen molar-refractivity contribution in [2.75, 3.05) is 39.6 Å². The number of unbranched alkanes of at least 4 members (excludes halogenated alkanes) is 38. The van der Waals surface area contributed by atoms with E-state index in [2.05, 4.69) is 55.4 Å². The van der Waals surface area contributed by atoms with Crippen molar-refractivity contribution in [2.45, 2.75) is 395 Å². The number of hydrogen-bond donors (Lipinski definition) is 3. The van der Waals surface area contributed by atoms with Gasteiger partial charge in [-0.05, 0) is 49.4 Å². The van der Waals surface area contributed by atoms with Crippen molar-refractivity contribution in [3.63, 3.8) is 0 Å². The molecule has 0 saturated heterocycles. The van der Waals surface area contributed by atoms with Gasteiger partial charge in [0.25, 0.3) is 0 Å². The van der Waals surface area contributed by atoms with Crippen LogP contribution in [0.1, 0.15) is 376 Å². The number of rotatable bonds is 72. The average Bonchev–Trinajstić information content (AvgIpc) is 2.83. The van der Waals surface area contributed by atoms with Gasteiger partial charge >= 0.3 is 39.5 Å². The maximum atomic E-state index is 13.1. The van der Waals surface area contributed by atoms with E-state index in [0.717, 1.165) is 114 Å². The highest BCUT2D eigenvalue weighted by Crippen LogP contribution is 2.45. The van der Waals surface area contributed by atoms with Crippen LogP contribution >= 0.6 is 15.6 Å². The van der Waals surface area contributed by atoms with Crippen molar-refractivity contribution in [1.29, 1.82) is 0 Å². The van der Waals surface area contributed by atoms with Gasteiger partial charge in [0.1, 0.15) is 19.3 Å². The van der Waals surface area contributed by atoms with Crippen LogP contribution in [-0.2, 0) is 65.4 Å². The molecule has 19 heteroatoms. The molecule has 0 heterocycles. The second-order valence-corrected chi connectivity index (χ2v) is 31.9. The Hall–Kier alpha value is -1.94. The largest absolute Gasteiger partial charge is 0.472 e. The van der Waals surface area contributed by atoms with E-state index in [0.29, 0.717) is 31.6 Å². The fourth-order valence-corrected chi connectivity index (χ4v) is 13.0. The van der Waals surface area contributed by atoms with Gasteiger partial charge in [-0.2, -0.15) is 0 Å². The zero-order valence-electron chi connectivity index (χ0n) is 61.6. The molecular formula is C75H146O17P2. The molecule has 558 valence electrons. The predicted molar refractivity (Wildman–Crippen MR) is 381 cm³/mol. The number of hydrogen-bond acceptors (Lipinski definition) is 15. The number of phosphoric ester groups is 2. The van der Waals surface area contributed by atoms with E-state index in [-0.39, 0.29) is 25.7 Å². The lowest BCUT2D eigenvalue weighted by Gasteiger charge is -2.21. The Morgan fingerprint density at radius 2 is 0.447 bits per heavy atom. The molecule has 0 saturated carbocycles. The van der Waals surface area contributed by atoms with Gasteiger partial charge < -0.3 is 33.8 Å². The molecule has 0 aliphatic rings. The third-order valence-electron chi connectivity index (χ3n) is 17.3. The number of esters is 4.